The van der Waals surface area contributed by atoms with Gasteiger partial charge in [-0.2, -0.15) is 11.8 Å². The van der Waals surface area contributed by atoms with Crippen LogP contribution in [0.25, 0.3) is 0 Å². The number of amides is 3. The van der Waals surface area contributed by atoms with Crippen LogP contribution < -0.4 is 10.6 Å². The third-order valence-electron chi connectivity index (χ3n) is 6.81. The molecule has 9 heteroatoms. The van der Waals surface area contributed by atoms with Crippen LogP contribution in [0, 0.1) is 17.7 Å². The van der Waals surface area contributed by atoms with E-state index in [0.717, 1.165) is 18.6 Å². The van der Waals surface area contributed by atoms with Gasteiger partial charge in [0.15, 0.2) is 0 Å². The zero-order valence-corrected chi connectivity index (χ0v) is 17.5. The smallest absolute Gasteiger partial charge is 0.250 e. The Labute approximate surface area is 178 Å². The summed E-state index contributed by atoms with van der Waals surface area (Å²) in [5.41, 5.74) is -0.534. The van der Waals surface area contributed by atoms with Crippen LogP contribution in [0.4, 0.5) is 10.1 Å². The summed E-state index contributed by atoms with van der Waals surface area (Å²) in [7, 11) is 0. The summed E-state index contributed by atoms with van der Waals surface area (Å²) < 4.78 is 19.8. The molecule has 0 unspecified atom stereocenters. The molecule has 0 aliphatic carbocycles. The second-order valence-electron chi connectivity index (χ2n) is 8.41. The SMILES string of the molecule is CSCC[C@@H]1N[C@@]2(C(=O)Nc3ccc(F)cc32)[C@H]2C(=O)N(C[C@@H]3CCCO3)C(=O)[C@@H]12. The summed E-state index contributed by atoms with van der Waals surface area (Å²) >= 11 is 1.64. The van der Waals surface area contributed by atoms with Crippen molar-refractivity contribution in [2.45, 2.75) is 36.9 Å². The molecule has 1 aromatic rings. The van der Waals surface area contributed by atoms with Crippen molar-refractivity contribution in [3.05, 3.63) is 29.6 Å². The molecule has 3 saturated heterocycles. The van der Waals surface area contributed by atoms with Crippen molar-refractivity contribution >= 4 is 35.2 Å². The second-order valence-corrected chi connectivity index (χ2v) is 9.40. The standard InChI is InChI=1S/C21H24FN3O4S/c1-30-8-6-15-16-17(19(27)25(18(16)26)10-12-3-2-7-29-12)21(24-15)13-9-11(22)4-5-14(13)23-20(21)28/h4-5,9,12,15-17,24H,2-3,6-8,10H2,1H3,(H,23,28)/t12-,15-,16-,17+,21+/m0/s1. The van der Waals surface area contributed by atoms with Gasteiger partial charge in [-0.25, -0.2) is 4.39 Å². The molecule has 3 fully saturated rings. The summed E-state index contributed by atoms with van der Waals surface area (Å²) in [6.45, 7) is 0.846. The number of hydrogen-bond donors (Lipinski definition) is 2. The van der Waals surface area contributed by atoms with Crippen molar-refractivity contribution in [2.75, 3.05) is 30.5 Å². The Hall–Kier alpha value is -1.97. The van der Waals surface area contributed by atoms with Crippen molar-refractivity contribution in [1.29, 1.82) is 0 Å². The molecule has 7 nitrogen and oxygen atoms in total. The van der Waals surface area contributed by atoms with Gasteiger partial charge >= 0.3 is 0 Å². The number of nitrogens with one attached hydrogen (secondary N) is 2. The molecule has 160 valence electrons. The molecule has 5 atom stereocenters. The molecule has 2 N–H and O–H groups in total. The molecule has 5 rings (SSSR count). The zero-order chi connectivity index (χ0) is 21.0. The Bertz CT molecular complexity index is 922. The molecule has 4 aliphatic rings. The lowest BCUT2D eigenvalue weighted by Crippen LogP contribution is -2.53. The summed E-state index contributed by atoms with van der Waals surface area (Å²) in [5.74, 6) is -2.26. The maximum absolute atomic E-state index is 14.1. The number of nitrogens with zero attached hydrogens (tertiary/aromatic N) is 1. The second kappa shape index (κ2) is 7.32. The van der Waals surface area contributed by atoms with Crippen molar-refractivity contribution < 1.29 is 23.5 Å². The molecule has 30 heavy (non-hydrogen) atoms. The fourth-order valence-electron chi connectivity index (χ4n) is 5.50. The minimum atomic E-state index is -1.43. The van der Waals surface area contributed by atoms with Crippen molar-refractivity contribution in [2.24, 2.45) is 11.8 Å². The largest absolute Gasteiger partial charge is 0.376 e. The number of rotatable bonds is 5. The third kappa shape index (κ3) is 2.75. The molecule has 0 aromatic heterocycles. The highest BCUT2D eigenvalue weighted by molar-refractivity contribution is 7.98. The van der Waals surface area contributed by atoms with E-state index < -0.39 is 29.1 Å². The lowest BCUT2D eigenvalue weighted by molar-refractivity contribution is -0.144. The Balaban J connectivity index is 1.57. The van der Waals surface area contributed by atoms with Crippen LogP contribution in [0.2, 0.25) is 0 Å². The lowest BCUT2D eigenvalue weighted by atomic mass is 9.76. The van der Waals surface area contributed by atoms with Gasteiger partial charge in [0.1, 0.15) is 11.4 Å². The van der Waals surface area contributed by atoms with Gasteiger partial charge in [-0.1, -0.05) is 0 Å². The molecule has 4 aliphatic heterocycles. The van der Waals surface area contributed by atoms with Crippen LogP contribution in [0.15, 0.2) is 18.2 Å². The zero-order valence-electron chi connectivity index (χ0n) is 16.7. The molecule has 1 spiro atoms. The molecule has 0 saturated carbocycles. The van der Waals surface area contributed by atoms with Crippen molar-refractivity contribution in [3.8, 4) is 0 Å². The van der Waals surface area contributed by atoms with Gasteiger partial charge in [0.05, 0.1) is 24.5 Å². The average molecular weight is 434 g/mol. The lowest BCUT2D eigenvalue weighted by Gasteiger charge is -2.30. The van der Waals surface area contributed by atoms with Gasteiger partial charge in [-0.05, 0) is 49.5 Å². The molecule has 1 aromatic carbocycles. The van der Waals surface area contributed by atoms with Gasteiger partial charge in [-0.15, -0.1) is 0 Å². The number of benzene rings is 1. The molecule has 0 bridgehead atoms. The highest BCUT2D eigenvalue weighted by Crippen LogP contribution is 2.53. The molecule has 0 radical (unpaired) electrons. The Morgan fingerprint density at radius 3 is 2.87 bits per heavy atom. The highest BCUT2D eigenvalue weighted by atomic mass is 32.2. The van der Waals surface area contributed by atoms with Crippen LogP contribution in [-0.2, 0) is 24.7 Å². The number of likely N-dealkylation sites (tertiary alicyclic amines) is 1. The number of halogens is 1. The van der Waals surface area contributed by atoms with Gasteiger partial charge in [0.2, 0.25) is 17.7 Å². The predicted molar refractivity (Wildman–Crippen MR) is 109 cm³/mol. The summed E-state index contributed by atoms with van der Waals surface area (Å²) in [6.07, 6.45) is 4.16. The Morgan fingerprint density at radius 1 is 1.30 bits per heavy atom. The van der Waals surface area contributed by atoms with E-state index in [0.29, 0.717) is 24.3 Å². The van der Waals surface area contributed by atoms with E-state index in [-0.39, 0.29) is 30.5 Å². The Kier molecular flexibility index (Phi) is 4.87. The highest BCUT2D eigenvalue weighted by Gasteiger charge is 2.70. The Morgan fingerprint density at radius 2 is 2.13 bits per heavy atom. The number of anilines is 1. The van der Waals surface area contributed by atoms with E-state index in [4.69, 9.17) is 4.74 Å². The minimum absolute atomic E-state index is 0.160. The molecular formula is C21H24FN3O4S. The van der Waals surface area contributed by atoms with E-state index in [9.17, 15) is 18.8 Å². The number of ether oxygens (including phenoxy) is 1. The van der Waals surface area contributed by atoms with E-state index in [1.807, 2.05) is 6.26 Å². The van der Waals surface area contributed by atoms with Crippen LogP contribution >= 0.6 is 11.8 Å². The first-order valence-electron chi connectivity index (χ1n) is 10.3. The molecular weight excluding hydrogens is 409 g/mol. The van der Waals surface area contributed by atoms with Crippen LogP contribution in [0.5, 0.6) is 0 Å². The number of carbonyl (C=O) groups excluding carboxylic acids is 3. The summed E-state index contributed by atoms with van der Waals surface area (Å²) in [5, 5.41) is 6.11. The first kappa shape index (κ1) is 20.0. The first-order chi connectivity index (χ1) is 14.5. The van der Waals surface area contributed by atoms with E-state index in [1.54, 1.807) is 11.8 Å². The number of imide groups is 1. The summed E-state index contributed by atoms with van der Waals surface area (Å²) in [4.78, 5) is 41.4. The normalized spacial score (nSPS) is 34.7. The predicted octanol–water partition coefficient (Wildman–Crippen LogP) is 1.48. The summed E-state index contributed by atoms with van der Waals surface area (Å²) in [6, 6.07) is 3.75. The van der Waals surface area contributed by atoms with E-state index in [2.05, 4.69) is 10.6 Å². The maximum Gasteiger partial charge on any atom is 0.250 e. The van der Waals surface area contributed by atoms with E-state index in [1.165, 1.54) is 23.1 Å². The molecule has 4 heterocycles. The van der Waals surface area contributed by atoms with Crippen molar-refractivity contribution in [1.82, 2.24) is 10.2 Å². The first-order valence-corrected chi connectivity index (χ1v) is 11.7. The fourth-order valence-corrected chi connectivity index (χ4v) is 5.99. The van der Waals surface area contributed by atoms with Crippen LogP contribution in [0.1, 0.15) is 24.8 Å². The van der Waals surface area contributed by atoms with Gasteiger partial charge in [-0.3, -0.25) is 24.6 Å². The topological polar surface area (TPSA) is 87.7 Å². The maximum atomic E-state index is 14.1. The quantitative estimate of drug-likeness (QED) is 0.684. The van der Waals surface area contributed by atoms with Crippen LogP contribution in [-0.4, -0.2) is 59.9 Å². The number of hydrogen-bond acceptors (Lipinski definition) is 6. The fraction of sp³-hybridized carbons (Fsp3) is 0.571. The average Bonchev–Trinajstić information content (AvgIpc) is 3.46. The number of carbonyl (C=O) groups is 3. The third-order valence-corrected chi connectivity index (χ3v) is 7.46. The molecule has 3 amide bonds. The number of thioether (sulfide) groups is 1. The van der Waals surface area contributed by atoms with Crippen molar-refractivity contribution in [3.63, 3.8) is 0 Å². The van der Waals surface area contributed by atoms with E-state index >= 15 is 0 Å². The number of fused-ring (bicyclic) bond motifs is 4. The van der Waals surface area contributed by atoms with Gasteiger partial charge in [0, 0.05) is 23.9 Å². The van der Waals surface area contributed by atoms with Gasteiger partial charge < -0.3 is 10.1 Å². The van der Waals surface area contributed by atoms with Gasteiger partial charge in [0.25, 0.3) is 0 Å². The van der Waals surface area contributed by atoms with Crippen LogP contribution in [0.3, 0.4) is 0 Å². The monoisotopic (exact) mass is 433 g/mol. The minimum Gasteiger partial charge on any atom is -0.376 e.